The number of nitrogens with zero attached hydrogens (tertiary/aromatic N) is 4. The zero-order valence-corrected chi connectivity index (χ0v) is 20.6. The fraction of sp³-hybridized carbons (Fsp3) is 0.391. The maximum atomic E-state index is 14.2. The average Bonchev–Trinajstić information content (AvgIpc) is 3.29. The zero-order valence-electron chi connectivity index (χ0n) is 19.1. The molecule has 0 bridgehead atoms. The van der Waals surface area contributed by atoms with Gasteiger partial charge in [-0.25, -0.2) is 23.1 Å². The molecule has 1 saturated heterocycles. The summed E-state index contributed by atoms with van der Waals surface area (Å²) in [7, 11) is 0. The normalized spacial score (nSPS) is 15.8. The lowest BCUT2D eigenvalue weighted by molar-refractivity contribution is 0.0675. The van der Waals surface area contributed by atoms with Crippen LogP contribution in [0.3, 0.4) is 0 Å². The van der Waals surface area contributed by atoms with E-state index in [1.807, 2.05) is 4.90 Å². The number of aromatic nitrogens is 3. The second-order valence-electron chi connectivity index (χ2n) is 8.19. The number of carbonyl (C=O) groups is 1. The number of hydrogen-bond donors (Lipinski definition) is 1. The maximum Gasteiger partial charge on any atom is 0.312 e. The van der Waals surface area contributed by atoms with E-state index >= 15 is 0 Å². The van der Waals surface area contributed by atoms with Crippen molar-refractivity contribution in [1.82, 2.24) is 25.2 Å². The molecule has 0 saturated carbocycles. The SMILES string of the molecule is Cc1cc(OC2CCN(C(CNC(=O)c3c(F)cccc3Cl)c3scnc3C(F)F)CC2)nc(F)n1. The summed E-state index contributed by atoms with van der Waals surface area (Å²) in [5.41, 5.74) is 1.11. The van der Waals surface area contributed by atoms with E-state index in [1.165, 1.54) is 23.7 Å². The Morgan fingerprint density at radius 3 is 2.69 bits per heavy atom. The minimum atomic E-state index is -2.79. The molecule has 1 unspecified atom stereocenters. The number of hydrogen-bond acceptors (Lipinski definition) is 7. The Bertz CT molecular complexity index is 1180. The summed E-state index contributed by atoms with van der Waals surface area (Å²) < 4.78 is 60.8. The summed E-state index contributed by atoms with van der Waals surface area (Å²) in [4.78, 5) is 26.0. The molecule has 1 aliphatic heterocycles. The first-order valence-corrected chi connectivity index (χ1v) is 12.3. The molecule has 0 spiro atoms. The number of likely N-dealkylation sites (tertiary alicyclic amines) is 1. The monoisotopic (exact) mass is 543 g/mol. The zero-order chi connectivity index (χ0) is 25.8. The van der Waals surface area contributed by atoms with Gasteiger partial charge in [0.05, 0.1) is 27.0 Å². The lowest BCUT2D eigenvalue weighted by Crippen LogP contribution is -2.44. The summed E-state index contributed by atoms with van der Waals surface area (Å²) in [5, 5.41) is 2.58. The Kier molecular flexibility index (Phi) is 8.37. The third kappa shape index (κ3) is 6.11. The van der Waals surface area contributed by atoms with Crippen molar-refractivity contribution >= 4 is 28.8 Å². The predicted octanol–water partition coefficient (Wildman–Crippen LogP) is 5.13. The summed E-state index contributed by atoms with van der Waals surface area (Å²) in [6.07, 6.45) is -2.91. The molecule has 36 heavy (non-hydrogen) atoms. The molecule has 1 aliphatic rings. The van der Waals surface area contributed by atoms with Crippen LogP contribution in [0.15, 0.2) is 29.8 Å². The molecule has 3 heterocycles. The minimum absolute atomic E-state index is 0.0514. The van der Waals surface area contributed by atoms with Gasteiger partial charge in [0.1, 0.15) is 17.6 Å². The van der Waals surface area contributed by atoms with Gasteiger partial charge in [-0.05, 0) is 31.9 Å². The van der Waals surface area contributed by atoms with Crippen molar-refractivity contribution in [3.05, 3.63) is 68.5 Å². The van der Waals surface area contributed by atoms with Crippen molar-refractivity contribution in [2.45, 2.75) is 38.3 Å². The number of carbonyl (C=O) groups excluding carboxylic acids is 1. The summed E-state index contributed by atoms with van der Waals surface area (Å²) in [6, 6.07) is 4.80. The Hall–Kier alpha value is -2.83. The number of aryl methyl sites for hydroxylation is 1. The molecule has 7 nitrogen and oxygen atoms in total. The minimum Gasteiger partial charge on any atom is -0.474 e. The van der Waals surface area contributed by atoms with Gasteiger partial charge in [-0.2, -0.15) is 9.37 Å². The molecule has 1 aromatic carbocycles. The highest BCUT2D eigenvalue weighted by molar-refractivity contribution is 7.09. The molecular formula is C23H22ClF4N5O2S. The third-order valence-electron chi connectivity index (χ3n) is 5.79. The number of piperidine rings is 1. The van der Waals surface area contributed by atoms with Crippen molar-refractivity contribution in [2.24, 2.45) is 0 Å². The molecule has 1 N–H and O–H groups in total. The van der Waals surface area contributed by atoms with Crippen LogP contribution in [0.2, 0.25) is 5.02 Å². The van der Waals surface area contributed by atoms with Crippen molar-refractivity contribution in [1.29, 1.82) is 0 Å². The second kappa shape index (κ2) is 11.5. The van der Waals surface area contributed by atoms with Gasteiger partial charge in [0, 0.05) is 31.4 Å². The van der Waals surface area contributed by atoms with Crippen molar-refractivity contribution < 1.29 is 27.1 Å². The molecule has 2 aromatic heterocycles. The molecule has 13 heteroatoms. The summed E-state index contributed by atoms with van der Waals surface area (Å²) in [6.45, 7) is 2.45. The largest absolute Gasteiger partial charge is 0.474 e. The molecule has 192 valence electrons. The van der Waals surface area contributed by atoms with Gasteiger partial charge in [0.25, 0.3) is 12.3 Å². The van der Waals surface area contributed by atoms with E-state index in [1.54, 1.807) is 6.92 Å². The second-order valence-corrected chi connectivity index (χ2v) is 9.49. The fourth-order valence-electron chi connectivity index (χ4n) is 4.10. The standard InChI is InChI=1S/C23H22ClF4N5O2S/c1-12-9-17(32-23(28)31-12)35-13-5-7-33(8-6-13)16(20-19(21(26)27)30-11-36-20)10-29-22(34)18-14(24)3-2-4-15(18)25/h2-4,9,11,13,16,21H,5-8,10H2,1H3,(H,29,34). The fourth-order valence-corrected chi connectivity index (χ4v) is 5.28. The van der Waals surface area contributed by atoms with Gasteiger partial charge in [-0.3, -0.25) is 9.69 Å². The number of alkyl halides is 2. The van der Waals surface area contributed by atoms with Crippen LogP contribution in [-0.2, 0) is 0 Å². The first-order valence-electron chi connectivity index (χ1n) is 11.1. The van der Waals surface area contributed by atoms with Gasteiger partial charge >= 0.3 is 6.08 Å². The maximum absolute atomic E-state index is 14.2. The topological polar surface area (TPSA) is 80.2 Å². The summed E-state index contributed by atoms with van der Waals surface area (Å²) >= 11 is 7.06. The van der Waals surface area contributed by atoms with Crippen LogP contribution < -0.4 is 10.1 Å². The Labute approximate surface area is 213 Å². The number of benzene rings is 1. The molecule has 0 aliphatic carbocycles. The first-order chi connectivity index (χ1) is 17.2. The molecule has 0 radical (unpaired) electrons. The van der Waals surface area contributed by atoms with Crippen LogP contribution in [0.1, 0.15) is 51.9 Å². The number of halogens is 5. The number of amides is 1. The molecule has 1 fully saturated rings. The Morgan fingerprint density at radius 1 is 1.28 bits per heavy atom. The molecule has 4 rings (SSSR count). The molecule has 3 aromatic rings. The van der Waals surface area contributed by atoms with Gasteiger partial charge in [0.15, 0.2) is 0 Å². The highest BCUT2D eigenvalue weighted by Crippen LogP contribution is 2.34. The number of ether oxygens (including phenoxy) is 1. The van der Waals surface area contributed by atoms with Crippen LogP contribution >= 0.6 is 22.9 Å². The highest BCUT2D eigenvalue weighted by atomic mass is 35.5. The van der Waals surface area contributed by atoms with Crippen molar-refractivity contribution in [3.8, 4) is 5.88 Å². The van der Waals surface area contributed by atoms with E-state index < -0.39 is 30.3 Å². The van der Waals surface area contributed by atoms with E-state index in [0.29, 0.717) is 36.5 Å². The molecule has 1 amide bonds. The molecular weight excluding hydrogens is 522 g/mol. The van der Waals surface area contributed by atoms with Crippen LogP contribution in [0.4, 0.5) is 17.6 Å². The lowest BCUT2D eigenvalue weighted by Gasteiger charge is -2.37. The lowest BCUT2D eigenvalue weighted by atomic mass is 10.0. The molecule has 1 atom stereocenters. The first kappa shape index (κ1) is 26.2. The van der Waals surface area contributed by atoms with Crippen LogP contribution in [0.5, 0.6) is 5.88 Å². The Morgan fingerprint density at radius 2 is 2.03 bits per heavy atom. The smallest absolute Gasteiger partial charge is 0.312 e. The third-order valence-corrected chi connectivity index (χ3v) is 7.05. The van der Waals surface area contributed by atoms with Gasteiger partial charge in [-0.1, -0.05) is 17.7 Å². The van der Waals surface area contributed by atoms with E-state index in [2.05, 4.69) is 20.3 Å². The number of rotatable bonds is 8. The quantitative estimate of drug-likeness (QED) is 0.314. The van der Waals surface area contributed by atoms with Gasteiger partial charge in [0.2, 0.25) is 5.88 Å². The van der Waals surface area contributed by atoms with E-state index in [0.717, 1.165) is 17.4 Å². The van der Waals surface area contributed by atoms with Crippen molar-refractivity contribution in [2.75, 3.05) is 19.6 Å². The van der Waals surface area contributed by atoms with E-state index in [4.69, 9.17) is 16.3 Å². The average molecular weight is 544 g/mol. The van der Waals surface area contributed by atoms with E-state index in [9.17, 15) is 22.4 Å². The highest BCUT2D eigenvalue weighted by Gasteiger charge is 2.32. The van der Waals surface area contributed by atoms with Crippen LogP contribution in [0, 0.1) is 18.8 Å². The van der Waals surface area contributed by atoms with Crippen LogP contribution in [-0.4, -0.2) is 51.5 Å². The van der Waals surface area contributed by atoms with Crippen LogP contribution in [0.25, 0.3) is 0 Å². The van der Waals surface area contributed by atoms with Crippen molar-refractivity contribution in [3.63, 3.8) is 0 Å². The Balaban J connectivity index is 1.48. The predicted molar refractivity (Wildman–Crippen MR) is 126 cm³/mol. The van der Waals surface area contributed by atoms with Gasteiger partial charge < -0.3 is 10.1 Å². The summed E-state index contributed by atoms with van der Waals surface area (Å²) in [5.74, 6) is -1.39. The number of thiazole rings is 1. The van der Waals surface area contributed by atoms with E-state index in [-0.39, 0.29) is 34.8 Å². The van der Waals surface area contributed by atoms with Gasteiger partial charge in [-0.15, -0.1) is 11.3 Å². The number of nitrogens with one attached hydrogen (secondary N) is 1.